The number of likely N-dealkylation sites (N-methyl/N-ethyl adjacent to an activating group) is 1. The largest absolute Gasteiger partial charge is 0.496 e. The summed E-state index contributed by atoms with van der Waals surface area (Å²) in [5.41, 5.74) is 2.76. The summed E-state index contributed by atoms with van der Waals surface area (Å²) in [7, 11) is 3.39. The minimum absolute atomic E-state index is 0.0813. The van der Waals surface area contributed by atoms with E-state index in [1.807, 2.05) is 20.8 Å². The molecule has 0 aliphatic carbocycles. The zero-order valence-corrected chi connectivity index (χ0v) is 15.0. The molecule has 0 unspecified atom stereocenters. The van der Waals surface area contributed by atoms with E-state index < -0.39 is 6.10 Å². The first-order chi connectivity index (χ1) is 10.9. The maximum Gasteiger partial charge on any atom is 0.251 e. The molecule has 1 aromatic heterocycles. The normalized spacial score (nSPS) is 12.1. The lowest BCUT2D eigenvalue weighted by Crippen LogP contribution is -2.36. The Kier molecular flexibility index (Phi) is 7.98. The molecule has 0 spiro atoms. The van der Waals surface area contributed by atoms with Gasteiger partial charge in [0.1, 0.15) is 11.9 Å². The van der Waals surface area contributed by atoms with Gasteiger partial charge in [-0.3, -0.25) is 9.78 Å². The lowest BCUT2D eigenvalue weighted by atomic mass is 10.1. The number of carbonyl (C=O) groups excluding carboxylic acids is 1. The molecule has 1 atom stereocenters. The van der Waals surface area contributed by atoms with Gasteiger partial charge in [0.15, 0.2) is 0 Å². The summed E-state index contributed by atoms with van der Waals surface area (Å²) in [6.45, 7) is 9.54. The molecule has 0 radical (unpaired) electrons. The van der Waals surface area contributed by atoms with Crippen LogP contribution < -0.4 is 4.74 Å². The van der Waals surface area contributed by atoms with Crippen molar-refractivity contribution in [1.29, 1.82) is 0 Å². The molecule has 6 nitrogen and oxygen atoms in total. The fraction of sp³-hybridized carbons (Fsp3) is 0.647. The Bertz CT molecular complexity index is 520. The molecular formula is C17H28N2O4. The zero-order chi connectivity index (χ0) is 17.4. The van der Waals surface area contributed by atoms with Crippen LogP contribution in [0.4, 0.5) is 0 Å². The third-order valence-electron chi connectivity index (χ3n) is 3.66. The Balaban J connectivity index is 2.64. The van der Waals surface area contributed by atoms with E-state index in [1.54, 1.807) is 32.2 Å². The number of methoxy groups -OCH3 is 1. The van der Waals surface area contributed by atoms with Crippen molar-refractivity contribution < 1.29 is 19.0 Å². The molecule has 0 aliphatic heterocycles. The van der Waals surface area contributed by atoms with Crippen LogP contribution >= 0.6 is 0 Å². The molecule has 1 heterocycles. The second-order valence-corrected chi connectivity index (χ2v) is 5.45. The number of ether oxygens (including phenoxy) is 3. The van der Waals surface area contributed by atoms with Crippen molar-refractivity contribution in [1.82, 2.24) is 9.88 Å². The Morgan fingerprint density at radius 3 is 2.65 bits per heavy atom. The summed E-state index contributed by atoms with van der Waals surface area (Å²) in [4.78, 5) is 18.4. The summed E-state index contributed by atoms with van der Waals surface area (Å²) in [6, 6.07) is 0. The summed E-state index contributed by atoms with van der Waals surface area (Å²) >= 11 is 0. The molecule has 23 heavy (non-hydrogen) atoms. The van der Waals surface area contributed by atoms with Crippen molar-refractivity contribution in [3.8, 4) is 5.75 Å². The van der Waals surface area contributed by atoms with E-state index in [0.29, 0.717) is 26.4 Å². The van der Waals surface area contributed by atoms with Crippen molar-refractivity contribution in [2.45, 2.75) is 40.3 Å². The lowest BCUT2D eigenvalue weighted by Gasteiger charge is -2.22. The lowest BCUT2D eigenvalue weighted by molar-refractivity contribution is -0.142. The predicted molar refractivity (Wildman–Crippen MR) is 88.6 cm³/mol. The predicted octanol–water partition coefficient (Wildman–Crippen LogP) is 2.11. The van der Waals surface area contributed by atoms with Crippen molar-refractivity contribution in [2.75, 3.05) is 34.0 Å². The van der Waals surface area contributed by atoms with Gasteiger partial charge in [0.2, 0.25) is 0 Å². The number of amides is 1. The molecular weight excluding hydrogens is 296 g/mol. The van der Waals surface area contributed by atoms with Crippen LogP contribution in [0.5, 0.6) is 5.75 Å². The van der Waals surface area contributed by atoms with E-state index in [9.17, 15) is 4.79 Å². The van der Waals surface area contributed by atoms with Crippen LogP contribution in [0, 0.1) is 13.8 Å². The van der Waals surface area contributed by atoms with Gasteiger partial charge in [-0.2, -0.15) is 0 Å². The van der Waals surface area contributed by atoms with Gasteiger partial charge in [-0.25, -0.2) is 0 Å². The van der Waals surface area contributed by atoms with Gasteiger partial charge in [0.05, 0.1) is 32.6 Å². The number of pyridine rings is 1. The number of rotatable bonds is 9. The molecule has 0 saturated carbocycles. The third kappa shape index (κ3) is 5.48. The van der Waals surface area contributed by atoms with E-state index in [0.717, 1.165) is 22.6 Å². The van der Waals surface area contributed by atoms with Crippen molar-refractivity contribution in [3.05, 3.63) is 23.0 Å². The van der Waals surface area contributed by atoms with Gasteiger partial charge in [0.25, 0.3) is 5.91 Å². The van der Waals surface area contributed by atoms with E-state index in [-0.39, 0.29) is 5.91 Å². The molecule has 0 fully saturated rings. The smallest absolute Gasteiger partial charge is 0.251 e. The summed E-state index contributed by atoms with van der Waals surface area (Å²) in [5, 5.41) is 0. The molecule has 0 bridgehead atoms. The highest BCUT2D eigenvalue weighted by Crippen LogP contribution is 2.24. The number of hydrogen-bond donors (Lipinski definition) is 0. The SMILES string of the molecule is CCOCCO[C@@H](C)C(=O)N(C)Cc1ncc(C)c(OC)c1C. The van der Waals surface area contributed by atoms with Crippen LogP contribution in [0.15, 0.2) is 6.20 Å². The van der Waals surface area contributed by atoms with Gasteiger partial charge in [-0.05, 0) is 27.7 Å². The first-order valence-electron chi connectivity index (χ1n) is 7.85. The molecule has 6 heteroatoms. The molecule has 0 N–H and O–H groups in total. The van der Waals surface area contributed by atoms with E-state index in [1.165, 1.54) is 0 Å². The zero-order valence-electron chi connectivity index (χ0n) is 15.0. The number of nitrogens with zero attached hydrogens (tertiary/aromatic N) is 2. The van der Waals surface area contributed by atoms with Gasteiger partial charge < -0.3 is 19.1 Å². The Hall–Kier alpha value is -1.66. The highest BCUT2D eigenvalue weighted by molar-refractivity contribution is 5.80. The number of aromatic nitrogens is 1. The first-order valence-corrected chi connectivity index (χ1v) is 7.85. The van der Waals surface area contributed by atoms with Gasteiger partial charge in [-0.1, -0.05) is 0 Å². The summed E-state index contributed by atoms with van der Waals surface area (Å²) < 4.78 is 16.1. The average Bonchev–Trinajstić information content (AvgIpc) is 2.53. The maximum atomic E-state index is 12.3. The van der Waals surface area contributed by atoms with Gasteiger partial charge >= 0.3 is 0 Å². The fourth-order valence-electron chi connectivity index (χ4n) is 2.34. The molecule has 0 saturated heterocycles. The van der Waals surface area contributed by atoms with Crippen LogP contribution in [0.2, 0.25) is 0 Å². The maximum absolute atomic E-state index is 12.3. The van der Waals surface area contributed by atoms with Crippen LogP contribution in [0.3, 0.4) is 0 Å². The van der Waals surface area contributed by atoms with Crippen molar-refractivity contribution >= 4 is 5.91 Å². The summed E-state index contributed by atoms with van der Waals surface area (Å²) in [6.07, 6.45) is 1.26. The summed E-state index contributed by atoms with van der Waals surface area (Å²) in [5.74, 6) is 0.735. The second kappa shape index (κ2) is 9.47. The Morgan fingerprint density at radius 2 is 2.04 bits per heavy atom. The van der Waals surface area contributed by atoms with Crippen LogP contribution in [-0.4, -0.2) is 55.9 Å². The molecule has 0 aromatic carbocycles. The third-order valence-corrected chi connectivity index (χ3v) is 3.66. The van der Waals surface area contributed by atoms with Gasteiger partial charge in [-0.15, -0.1) is 0 Å². The minimum Gasteiger partial charge on any atom is -0.496 e. The van der Waals surface area contributed by atoms with Crippen molar-refractivity contribution in [2.24, 2.45) is 0 Å². The monoisotopic (exact) mass is 324 g/mol. The van der Waals surface area contributed by atoms with Gasteiger partial charge in [0, 0.05) is 31.0 Å². The number of carbonyl (C=O) groups is 1. The van der Waals surface area contributed by atoms with Crippen LogP contribution in [-0.2, 0) is 20.8 Å². The topological polar surface area (TPSA) is 60.9 Å². The Labute approximate surface area is 138 Å². The molecule has 1 rings (SSSR count). The van der Waals surface area contributed by atoms with Crippen LogP contribution in [0.25, 0.3) is 0 Å². The highest BCUT2D eigenvalue weighted by Gasteiger charge is 2.20. The highest BCUT2D eigenvalue weighted by atomic mass is 16.5. The van der Waals surface area contributed by atoms with E-state index in [2.05, 4.69) is 4.98 Å². The van der Waals surface area contributed by atoms with E-state index in [4.69, 9.17) is 14.2 Å². The van der Waals surface area contributed by atoms with E-state index >= 15 is 0 Å². The molecule has 1 aromatic rings. The first kappa shape index (κ1) is 19.4. The second-order valence-electron chi connectivity index (χ2n) is 5.45. The number of aryl methyl sites for hydroxylation is 1. The molecule has 1 amide bonds. The average molecular weight is 324 g/mol. The molecule has 0 aliphatic rings. The fourth-order valence-corrected chi connectivity index (χ4v) is 2.34. The number of hydrogen-bond acceptors (Lipinski definition) is 5. The standard InChI is InChI=1S/C17H28N2O4/c1-7-22-8-9-23-14(4)17(20)19(5)11-15-13(3)16(21-6)12(2)10-18-15/h10,14H,7-9,11H2,1-6H3/t14-/m0/s1. The Morgan fingerprint density at radius 1 is 1.35 bits per heavy atom. The van der Waals surface area contributed by atoms with Crippen LogP contribution in [0.1, 0.15) is 30.7 Å². The minimum atomic E-state index is -0.506. The quantitative estimate of drug-likeness (QED) is 0.651. The van der Waals surface area contributed by atoms with Crippen molar-refractivity contribution in [3.63, 3.8) is 0 Å². The molecule has 130 valence electrons.